The first-order valence-corrected chi connectivity index (χ1v) is 6.40. The van der Waals surface area contributed by atoms with Gasteiger partial charge in [0.25, 0.3) is 0 Å². The normalized spacial score (nSPS) is 11.8. The molecular formula is C14H20N2O4. The van der Waals surface area contributed by atoms with Crippen LogP contribution in [0.3, 0.4) is 0 Å². The first-order chi connectivity index (χ1) is 9.52. The number of ether oxygens (including phenoxy) is 1. The van der Waals surface area contributed by atoms with E-state index < -0.39 is 17.9 Å². The van der Waals surface area contributed by atoms with Crippen LogP contribution in [0.2, 0.25) is 0 Å². The van der Waals surface area contributed by atoms with Gasteiger partial charge in [0.05, 0.1) is 7.11 Å². The average molecular weight is 280 g/mol. The fraction of sp³-hybridized carbons (Fsp3) is 0.429. The Balaban J connectivity index is 2.43. The summed E-state index contributed by atoms with van der Waals surface area (Å²) in [5, 5.41) is 11.9. The Morgan fingerprint density at radius 3 is 2.80 bits per heavy atom. The lowest BCUT2D eigenvalue weighted by Gasteiger charge is -2.13. The number of carboxylic acid groups (broad SMARTS) is 1. The van der Waals surface area contributed by atoms with E-state index in [2.05, 4.69) is 5.32 Å². The number of carbonyl (C=O) groups excluding carboxylic acids is 1. The monoisotopic (exact) mass is 280 g/mol. The molecule has 0 aliphatic rings. The van der Waals surface area contributed by atoms with Crippen molar-refractivity contribution in [3.8, 4) is 5.75 Å². The molecule has 6 heteroatoms. The van der Waals surface area contributed by atoms with Crippen molar-refractivity contribution in [3.63, 3.8) is 0 Å². The third kappa shape index (κ3) is 5.71. The Labute approximate surface area is 117 Å². The van der Waals surface area contributed by atoms with Crippen molar-refractivity contribution < 1.29 is 19.4 Å². The van der Waals surface area contributed by atoms with Gasteiger partial charge in [0.15, 0.2) is 0 Å². The summed E-state index contributed by atoms with van der Waals surface area (Å²) >= 11 is 0. The van der Waals surface area contributed by atoms with Crippen LogP contribution in [0.4, 0.5) is 0 Å². The molecule has 0 radical (unpaired) electrons. The third-order valence-electron chi connectivity index (χ3n) is 2.92. The van der Waals surface area contributed by atoms with Crippen molar-refractivity contribution in [1.82, 2.24) is 5.32 Å². The summed E-state index contributed by atoms with van der Waals surface area (Å²) in [4.78, 5) is 21.7. The van der Waals surface area contributed by atoms with E-state index in [1.165, 1.54) is 0 Å². The second kappa shape index (κ2) is 8.16. The molecule has 110 valence electrons. The van der Waals surface area contributed by atoms with Gasteiger partial charge >= 0.3 is 5.97 Å². The Bertz CT molecular complexity index is 462. The van der Waals surface area contributed by atoms with E-state index in [-0.39, 0.29) is 12.8 Å². The van der Waals surface area contributed by atoms with E-state index in [0.717, 1.165) is 11.3 Å². The van der Waals surface area contributed by atoms with Crippen LogP contribution < -0.4 is 15.8 Å². The molecule has 0 spiro atoms. The van der Waals surface area contributed by atoms with Crippen LogP contribution in [0.25, 0.3) is 0 Å². The molecule has 1 amide bonds. The summed E-state index contributed by atoms with van der Waals surface area (Å²) in [6.45, 7) is 0.503. The minimum Gasteiger partial charge on any atom is -0.497 e. The molecule has 20 heavy (non-hydrogen) atoms. The predicted octanol–water partition coefficient (Wildman–Crippen LogP) is 0.546. The van der Waals surface area contributed by atoms with Gasteiger partial charge in [-0.25, -0.2) is 0 Å². The minimum atomic E-state index is -0.975. The van der Waals surface area contributed by atoms with Gasteiger partial charge in [0.1, 0.15) is 11.8 Å². The number of nitrogens with one attached hydrogen (secondary N) is 1. The molecule has 0 bridgehead atoms. The van der Waals surface area contributed by atoms with Crippen LogP contribution in [-0.4, -0.2) is 36.7 Å². The van der Waals surface area contributed by atoms with E-state index >= 15 is 0 Å². The summed E-state index contributed by atoms with van der Waals surface area (Å²) in [5.41, 5.74) is 6.07. The Kier molecular flexibility index (Phi) is 6.52. The lowest BCUT2D eigenvalue weighted by Crippen LogP contribution is -2.38. The van der Waals surface area contributed by atoms with E-state index in [1.807, 2.05) is 24.3 Å². The number of carbonyl (C=O) groups is 2. The quantitative estimate of drug-likeness (QED) is 0.613. The topological polar surface area (TPSA) is 102 Å². The number of amides is 1. The number of rotatable bonds is 9. The largest absolute Gasteiger partial charge is 0.497 e. The SMILES string of the molecule is COc1cccc(CCN[C@@H](CCC(N)=O)C(=O)O)c1. The highest BCUT2D eigenvalue weighted by molar-refractivity contribution is 5.77. The van der Waals surface area contributed by atoms with Crippen LogP contribution in [0.1, 0.15) is 18.4 Å². The smallest absolute Gasteiger partial charge is 0.320 e. The molecular weight excluding hydrogens is 260 g/mol. The molecule has 0 fully saturated rings. The van der Waals surface area contributed by atoms with Crippen LogP contribution in [0.5, 0.6) is 5.75 Å². The van der Waals surface area contributed by atoms with Crippen LogP contribution in [0.15, 0.2) is 24.3 Å². The third-order valence-corrected chi connectivity index (χ3v) is 2.92. The van der Waals surface area contributed by atoms with Crippen molar-refractivity contribution in [2.24, 2.45) is 5.73 Å². The molecule has 0 unspecified atom stereocenters. The summed E-state index contributed by atoms with van der Waals surface area (Å²) in [6.07, 6.45) is 0.934. The lowest BCUT2D eigenvalue weighted by molar-refractivity contribution is -0.139. The number of aliphatic carboxylic acids is 1. The molecule has 0 aliphatic carbocycles. The minimum absolute atomic E-state index is 0.0587. The highest BCUT2D eigenvalue weighted by atomic mass is 16.5. The van der Waals surface area contributed by atoms with Crippen LogP contribution in [0, 0.1) is 0 Å². The van der Waals surface area contributed by atoms with Crippen molar-refractivity contribution in [2.45, 2.75) is 25.3 Å². The number of hydrogen-bond donors (Lipinski definition) is 3. The van der Waals surface area contributed by atoms with Crippen molar-refractivity contribution in [3.05, 3.63) is 29.8 Å². The Morgan fingerprint density at radius 1 is 1.45 bits per heavy atom. The maximum atomic E-state index is 11.0. The molecule has 0 saturated carbocycles. The summed E-state index contributed by atoms with van der Waals surface area (Å²) in [5.74, 6) is -0.700. The molecule has 4 N–H and O–H groups in total. The highest BCUT2D eigenvalue weighted by Crippen LogP contribution is 2.12. The van der Waals surface area contributed by atoms with Gasteiger partial charge in [-0.15, -0.1) is 0 Å². The number of benzene rings is 1. The van der Waals surface area contributed by atoms with Crippen LogP contribution in [-0.2, 0) is 16.0 Å². The molecule has 1 rings (SSSR count). The second-order valence-corrected chi connectivity index (χ2v) is 4.45. The lowest BCUT2D eigenvalue weighted by atomic mass is 10.1. The standard InChI is InChI=1S/C14H20N2O4/c1-20-11-4-2-3-10(9-11)7-8-16-12(14(18)19)5-6-13(15)17/h2-4,9,12,16H,5-8H2,1H3,(H2,15,17)(H,18,19)/t12-/m0/s1. The molecule has 1 atom stereocenters. The number of carboxylic acids is 1. The molecule has 1 aromatic carbocycles. The molecule has 0 heterocycles. The maximum absolute atomic E-state index is 11.0. The Morgan fingerprint density at radius 2 is 2.20 bits per heavy atom. The van der Waals surface area contributed by atoms with E-state index in [1.54, 1.807) is 7.11 Å². The fourth-order valence-electron chi connectivity index (χ4n) is 1.82. The Hall–Kier alpha value is -2.08. The van der Waals surface area contributed by atoms with Gasteiger partial charge in [-0.3, -0.25) is 9.59 Å². The zero-order chi connectivity index (χ0) is 15.0. The summed E-state index contributed by atoms with van der Waals surface area (Å²) in [7, 11) is 1.60. The van der Waals surface area contributed by atoms with Gasteiger partial charge in [-0.1, -0.05) is 12.1 Å². The van der Waals surface area contributed by atoms with E-state index in [9.17, 15) is 9.59 Å². The summed E-state index contributed by atoms with van der Waals surface area (Å²) < 4.78 is 5.12. The molecule has 6 nitrogen and oxygen atoms in total. The predicted molar refractivity (Wildman–Crippen MR) is 74.6 cm³/mol. The fourth-order valence-corrected chi connectivity index (χ4v) is 1.82. The van der Waals surface area contributed by atoms with Crippen molar-refractivity contribution in [1.29, 1.82) is 0 Å². The van der Waals surface area contributed by atoms with Gasteiger partial charge in [0.2, 0.25) is 5.91 Å². The average Bonchev–Trinajstić information content (AvgIpc) is 2.42. The highest BCUT2D eigenvalue weighted by Gasteiger charge is 2.16. The summed E-state index contributed by atoms with van der Waals surface area (Å²) in [6, 6.07) is 6.83. The number of hydrogen-bond acceptors (Lipinski definition) is 4. The second-order valence-electron chi connectivity index (χ2n) is 4.45. The van der Waals surface area contributed by atoms with E-state index in [4.69, 9.17) is 15.6 Å². The van der Waals surface area contributed by atoms with Gasteiger partial charge < -0.3 is 20.9 Å². The molecule has 0 saturated heterocycles. The van der Waals surface area contributed by atoms with E-state index in [0.29, 0.717) is 13.0 Å². The number of primary amides is 1. The van der Waals surface area contributed by atoms with Crippen LogP contribution >= 0.6 is 0 Å². The zero-order valence-electron chi connectivity index (χ0n) is 11.5. The van der Waals surface area contributed by atoms with Gasteiger partial charge in [0, 0.05) is 6.42 Å². The first kappa shape index (κ1) is 16.0. The maximum Gasteiger partial charge on any atom is 0.320 e. The number of nitrogens with two attached hydrogens (primary N) is 1. The van der Waals surface area contributed by atoms with Crippen molar-refractivity contribution >= 4 is 11.9 Å². The molecule has 0 aliphatic heterocycles. The number of methoxy groups -OCH3 is 1. The first-order valence-electron chi connectivity index (χ1n) is 6.40. The van der Waals surface area contributed by atoms with Crippen molar-refractivity contribution in [2.75, 3.05) is 13.7 Å². The van der Waals surface area contributed by atoms with Gasteiger partial charge in [-0.2, -0.15) is 0 Å². The zero-order valence-corrected chi connectivity index (χ0v) is 11.5. The van der Waals surface area contributed by atoms with Gasteiger partial charge in [-0.05, 0) is 37.1 Å². The molecule has 1 aromatic rings. The molecule has 0 aromatic heterocycles.